The second kappa shape index (κ2) is 8.94. The first kappa shape index (κ1) is 22.2. The van der Waals surface area contributed by atoms with Crippen molar-refractivity contribution in [1.82, 2.24) is 0 Å². The molecular formula is C16H13BrF5O3PS. The predicted molar refractivity (Wildman–Crippen MR) is 97.0 cm³/mol. The maximum absolute atomic E-state index is 13.0. The minimum atomic E-state index is -5.09. The Morgan fingerprint density at radius 3 is 2.41 bits per heavy atom. The predicted octanol–water partition coefficient (Wildman–Crippen LogP) is 6.69. The number of hydrogen-bond donors (Lipinski definition) is 1. The molecule has 0 aliphatic heterocycles. The summed E-state index contributed by atoms with van der Waals surface area (Å²) in [4.78, 5) is 9.06. The highest BCUT2D eigenvalue weighted by Gasteiger charge is 2.35. The lowest BCUT2D eigenvalue weighted by molar-refractivity contribution is -0.138. The van der Waals surface area contributed by atoms with Crippen LogP contribution in [0.15, 0.2) is 46.9 Å². The highest BCUT2D eigenvalue weighted by atomic mass is 79.9. The molecule has 0 aliphatic carbocycles. The second-order valence-corrected chi connectivity index (χ2v) is 8.89. The Kier molecular flexibility index (Phi) is 7.35. The highest BCUT2D eigenvalue weighted by molar-refractivity contribution is 9.10. The third-order valence-corrected chi connectivity index (χ3v) is 5.95. The zero-order valence-corrected chi connectivity index (χ0v) is 16.7. The molecule has 0 spiro atoms. The van der Waals surface area contributed by atoms with Gasteiger partial charge >= 0.3 is 19.9 Å². The van der Waals surface area contributed by atoms with Crippen LogP contribution in [-0.4, -0.2) is 11.1 Å². The molecule has 2 aromatic rings. The molecular weight excluding hydrogens is 478 g/mol. The van der Waals surface area contributed by atoms with Gasteiger partial charge in [0.1, 0.15) is 5.75 Å². The van der Waals surface area contributed by atoms with E-state index in [9.17, 15) is 26.5 Å². The van der Waals surface area contributed by atoms with E-state index in [1.54, 1.807) is 0 Å². The molecule has 0 heterocycles. The summed E-state index contributed by atoms with van der Waals surface area (Å²) >= 11 is 4.30. The van der Waals surface area contributed by atoms with Crippen LogP contribution in [0, 0.1) is 0 Å². The molecule has 0 aromatic heterocycles. The summed E-state index contributed by atoms with van der Waals surface area (Å²) < 4.78 is 79.6. The van der Waals surface area contributed by atoms with Crippen molar-refractivity contribution in [2.75, 3.05) is 0 Å². The molecule has 0 saturated carbocycles. The fraction of sp³-hybridized carbons (Fsp3) is 0.250. The SMILES string of the molecule is O=P(O)(Oc1ccc(CSCc2ccccc2C(F)(F)F)cc1Br)C(F)F. The molecule has 0 fully saturated rings. The molecule has 2 rings (SSSR count). The maximum Gasteiger partial charge on any atom is 0.442 e. The quantitative estimate of drug-likeness (QED) is 0.347. The molecule has 1 atom stereocenters. The summed E-state index contributed by atoms with van der Waals surface area (Å²) in [6, 6.07) is 9.50. The van der Waals surface area contributed by atoms with E-state index in [0.717, 1.165) is 6.07 Å². The van der Waals surface area contributed by atoms with Crippen LogP contribution in [0.1, 0.15) is 16.7 Å². The van der Waals surface area contributed by atoms with Crippen molar-refractivity contribution in [2.45, 2.75) is 23.8 Å². The van der Waals surface area contributed by atoms with Gasteiger partial charge in [0.2, 0.25) is 0 Å². The van der Waals surface area contributed by atoms with Gasteiger partial charge in [-0.3, -0.25) is 0 Å². The molecule has 11 heteroatoms. The monoisotopic (exact) mass is 490 g/mol. The summed E-state index contributed by atoms with van der Waals surface area (Å²) in [6.45, 7) is 0. The van der Waals surface area contributed by atoms with E-state index in [-0.39, 0.29) is 21.5 Å². The Morgan fingerprint density at radius 1 is 1.15 bits per heavy atom. The Bertz CT molecular complexity index is 847. The van der Waals surface area contributed by atoms with Gasteiger partial charge in [0.25, 0.3) is 0 Å². The van der Waals surface area contributed by atoms with Crippen LogP contribution in [-0.2, 0) is 22.2 Å². The van der Waals surface area contributed by atoms with Crippen molar-refractivity contribution < 1.29 is 35.9 Å². The van der Waals surface area contributed by atoms with Gasteiger partial charge < -0.3 is 9.42 Å². The first-order valence-corrected chi connectivity index (χ1v) is 10.9. The third kappa shape index (κ3) is 6.20. The lowest BCUT2D eigenvalue weighted by Crippen LogP contribution is -2.08. The van der Waals surface area contributed by atoms with Gasteiger partial charge in [-0.2, -0.15) is 33.7 Å². The number of benzene rings is 2. The van der Waals surface area contributed by atoms with E-state index < -0.39 is 25.5 Å². The third-order valence-electron chi connectivity index (χ3n) is 3.32. The number of rotatable bonds is 7. The summed E-state index contributed by atoms with van der Waals surface area (Å²) in [7, 11) is -5.09. The number of thioether (sulfide) groups is 1. The van der Waals surface area contributed by atoms with Gasteiger partial charge in [0.15, 0.2) is 0 Å². The normalized spacial score (nSPS) is 14.2. The van der Waals surface area contributed by atoms with Gasteiger partial charge in [-0.1, -0.05) is 24.3 Å². The van der Waals surface area contributed by atoms with Crippen molar-refractivity contribution in [2.24, 2.45) is 0 Å². The van der Waals surface area contributed by atoms with E-state index >= 15 is 0 Å². The average molecular weight is 491 g/mol. The van der Waals surface area contributed by atoms with Crippen LogP contribution in [0.3, 0.4) is 0 Å². The second-order valence-electron chi connectivity index (χ2n) is 5.35. The van der Waals surface area contributed by atoms with Crippen LogP contribution < -0.4 is 4.52 Å². The van der Waals surface area contributed by atoms with Gasteiger partial charge in [0.05, 0.1) is 10.0 Å². The van der Waals surface area contributed by atoms with Crippen molar-refractivity contribution in [3.63, 3.8) is 0 Å². The highest BCUT2D eigenvalue weighted by Crippen LogP contribution is 2.50. The topological polar surface area (TPSA) is 46.5 Å². The molecule has 3 nitrogen and oxygen atoms in total. The van der Waals surface area contributed by atoms with Crippen molar-refractivity contribution in [1.29, 1.82) is 0 Å². The Hall–Kier alpha value is -1.09. The molecule has 148 valence electrons. The Balaban J connectivity index is 2.02. The summed E-state index contributed by atoms with van der Waals surface area (Å²) in [5.41, 5.74) is 0.147. The van der Waals surface area contributed by atoms with Crippen LogP contribution >= 0.6 is 35.3 Å². The molecule has 0 radical (unpaired) electrons. The minimum Gasteiger partial charge on any atom is -0.420 e. The average Bonchev–Trinajstić information content (AvgIpc) is 2.56. The number of halogens is 6. The molecule has 27 heavy (non-hydrogen) atoms. The summed E-state index contributed by atoms with van der Waals surface area (Å²) in [5, 5.41) is 0. The van der Waals surface area contributed by atoms with Crippen molar-refractivity contribution in [3.8, 4) is 5.75 Å². The summed E-state index contributed by atoms with van der Waals surface area (Å²) in [5.74, 6) is 0.247. The fourth-order valence-corrected chi connectivity index (χ4v) is 4.23. The molecule has 0 saturated heterocycles. The van der Waals surface area contributed by atoms with Gasteiger partial charge in [-0.15, -0.1) is 0 Å². The van der Waals surface area contributed by atoms with Crippen molar-refractivity contribution >= 4 is 35.3 Å². The van der Waals surface area contributed by atoms with Crippen LogP contribution in [0.4, 0.5) is 22.0 Å². The zero-order chi connectivity index (χ0) is 20.2. The van der Waals surface area contributed by atoms with E-state index in [2.05, 4.69) is 20.5 Å². The Morgan fingerprint density at radius 2 is 1.81 bits per heavy atom. The Labute approximate surface area is 164 Å². The summed E-state index contributed by atoms with van der Waals surface area (Å²) in [6.07, 6.45) is -7.96. The number of hydrogen-bond acceptors (Lipinski definition) is 3. The first-order chi connectivity index (χ1) is 12.5. The molecule has 0 aliphatic rings. The molecule has 1 N–H and O–H groups in total. The largest absolute Gasteiger partial charge is 0.442 e. The van der Waals surface area contributed by atoms with Gasteiger partial charge in [-0.25, -0.2) is 4.57 Å². The van der Waals surface area contributed by atoms with Crippen LogP contribution in [0.25, 0.3) is 0 Å². The number of alkyl halides is 5. The molecule has 1 unspecified atom stereocenters. The lowest BCUT2D eigenvalue weighted by Gasteiger charge is -2.14. The smallest absolute Gasteiger partial charge is 0.420 e. The van der Waals surface area contributed by atoms with Crippen LogP contribution in [0.5, 0.6) is 5.75 Å². The first-order valence-electron chi connectivity index (χ1n) is 7.32. The van der Waals surface area contributed by atoms with Crippen molar-refractivity contribution in [3.05, 3.63) is 63.6 Å². The van der Waals surface area contributed by atoms with E-state index in [0.29, 0.717) is 11.3 Å². The molecule has 0 amide bonds. The van der Waals surface area contributed by atoms with E-state index in [1.165, 1.54) is 48.2 Å². The fourth-order valence-electron chi connectivity index (χ4n) is 2.09. The minimum absolute atomic E-state index is 0.128. The van der Waals surface area contributed by atoms with E-state index in [4.69, 9.17) is 4.89 Å². The van der Waals surface area contributed by atoms with E-state index in [1.807, 2.05) is 0 Å². The standard InChI is InChI=1S/C16H13BrF5O3PS/c17-13-7-10(5-6-14(13)25-26(23,24)15(18)19)8-27-9-11-3-1-2-4-12(11)16(20,21)22/h1-7,15H,8-9H2,(H,23,24). The van der Waals surface area contributed by atoms with Crippen LogP contribution in [0.2, 0.25) is 0 Å². The maximum atomic E-state index is 13.0. The zero-order valence-electron chi connectivity index (χ0n) is 13.4. The van der Waals surface area contributed by atoms with Gasteiger partial charge in [0, 0.05) is 11.5 Å². The molecule has 0 bridgehead atoms. The van der Waals surface area contributed by atoms with Gasteiger partial charge in [-0.05, 0) is 45.3 Å². The lowest BCUT2D eigenvalue weighted by atomic mass is 10.1. The molecule has 2 aromatic carbocycles.